The Kier molecular flexibility index (Phi) is 4.73. The fraction of sp³-hybridized carbons (Fsp3) is 0.130. The lowest BCUT2D eigenvalue weighted by Crippen LogP contribution is -1.94. The molecule has 3 aromatic carbocycles. The number of allylic oxidation sites excluding steroid dienone is 1. The van der Waals surface area contributed by atoms with E-state index in [0.29, 0.717) is 5.92 Å². The Labute approximate surface area is 139 Å². The molecule has 0 aliphatic heterocycles. The summed E-state index contributed by atoms with van der Waals surface area (Å²) in [6.07, 6.45) is 2.37. The Morgan fingerprint density at radius 2 is 1.30 bits per heavy atom. The van der Waals surface area contributed by atoms with Crippen molar-refractivity contribution in [2.24, 2.45) is 0 Å². The van der Waals surface area contributed by atoms with Crippen LogP contribution in [0.5, 0.6) is 0 Å². The molecule has 0 saturated carbocycles. The third kappa shape index (κ3) is 3.78. The van der Waals surface area contributed by atoms with Crippen LogP contribution in [0, 0.1) is 6.92 Å². The summed E-state index contributed by atoms with van der Waals surface area (Å²) in [5.41, 5.74) is 6.48. The molecule has 0 aliphatic rings. The van der Waals surface area contributed by atoms with Gasteiger partial charge >= 0.3 is 0 Å². The molecule has 0 radical (unpaired) electrons. The molecule has 0 spiro atoms. The lowest BCUT2D eigenvalue weighted by molar-refractivity contribution is 0.966. The fourth-order valence-corrected chi connectivity index (χ4v) is 2.89. The molecule has 0 amide bonds. The highest BCUT2D eigenvalue weighted by molar-refractivity contribution is 5.80. The van der Waals surface area contributed by atoms with Crippen LogP contribution in [0.2, 0.25) is 0 Å². The van der Waals surface area contributed by atoms with Gasteiger partial charge in [0.05, 0.1) is 0 Å². The van der Waals surface area contributed by atoms with Gasteiger partial charge in [0.25, 0.3) is 0 Å². The maximum Gasteiger partial charge on any atom is -0.0000920 e. The van der Waals surface area contributed by atoms with Crippen LogP contribution in [0.4, 0.5) is 0 Å². The molecule has 114 valence electrons. The van der Waals surface area contributed by atoms with Crippen LogP contribution in [-0.4, -0.2) is 0 Å². The van der Waals surface area contributed by atoms with Crippen LogP contribution in [0.15, 0.2) is 91.0 Å². The van der Waals surface area contributed by atoms with E-state index in [2.05, 4.69) is 105 Å². The third-order valence-corrected chi connectivity index (χ3v) is 4.15. The molecular weight excluding hydrogens is 276 g/mol. The molecule has 0 saturated heterocycles. The SMILES string of the molecule is Cc1cccc(C(C)C=C(c2ccccc2)c2ccccc2)c1. The number of hydrogen-bond acceptors (Lipinski definition) is 0. The van der Waals surface area contributed by atoms with Crippen molar-refractivity contribution < 1.29 is 0 Å². The maximum absolute atomic E-state index is 2.37. The lowest BCUT2D eigenvalue weighted by Gasteiger charge is -2.14. The van der Waals surface area contributed by atoms with E-state index in [1.807, 2.05) is 0 Å². The van der Waals surface area contributed by atoms with Crippen molar-refractivity contribution in [3.8, 4) is 0 Å². The van der Waals surface area contributed by atoms with E-state index in [1.54, 1.807) is 0 Å². The average Bonchev–Trinajstić information content (AvgIpc) is 2.61. The standard InChI is InChI=1S/C23H22/c1-18-10-9-15-22(16-18)19(2)17-23(20-11-5-3-6-12-20)21-13-7-4-8-14-21/h3-17,19H,1-2H3. The van der Waals surface area contributed by atoms with E-state index in [-0.39, 0.29) is 0 Å². The molecule has 1 atom stereocenters. The van der Waals surface area contributed by atoms with Crippen molar-refractivity contribution in [3.63, 3.8) is 0 Å². The second kappa shape index (κ2) is 7.11. The highest BCUT2D eigenvalue weighted by Crippen LogP contribution is 2.28. The Bertz CT molecular complexity index is 741. The monoisotopic (exact) mass is 298 g/mol. The summed E-state index contributed by atoms with van der Waals surface area (Å²) >= 11 is 0. The van der Waals surface area contributed by atoms with Gasteiger partial charge in [0.2, 0.25) is 0 Å². The third-order valence-electron chi connectivity index (χ3n) is 4.15. The molecule has 0 heterocycles. The predicted molar refractivity (Wildman–Crippen MR) is 99.6 cm³/mol. The van der Waals surface area contributed by atoms with Gasteiger partial charge in [-0.1, -0.05) is 103 Å². The van der Waals surface area contributed by atoms with Crippen LogP contribution in [0.25, 0.3) is 5.57 Å². The van der Waals surface area contributed by atoms with Crippen LogP contribution in [-0.2, 0) is 0 Å². The summed E-state index contributed by atoms with van der Waals surface area (Å²) in [7, 11) is 0. The molecule has 0 aliphatic carbocycles. The largest absolute Gasteiger partial charge is 0.0688 e. The maximum atomic E-state index is 2.37. The van der Waals surface area contributed by atoms with Crippen LogP contribution in [0.1, 0.15) is 35.1 Å². The Morgan fingerprint density at radius 3 is 1.83 bits per heavy atom. The fourth-order valence-electron chi connectivity index (χ4n) is 2.89. The summed E-state index contributed by atoms with van der Waals surface area (Å²) in [6.45, 7) is 4.41. The van der Waals surface area contributed by atoms with Gasteiger partial charge in [0.15, 0.2) is 0 Å². The van der Waals surface area contributed by atoms with Crippen molar-refractivity contribution in [3.05, 3.63) is 113 Å². The summed E-state index contributed by atoms with van der Waals surface area (Å²) in [5.74, 6) is 0.366. The zero-order valence-corrected chi connectivity index (χ0v) is 13.7. The van der Waals surface area contributed by atoms with E-state index < -0.39 is 0 Å². The van der Waals surface area contributed by atoms with Gasteiger partial charge in [0.1, 0.15) is 0 Å². The molecular formula is C23H22. The van der Waals surface area contributed by atoms with Crippen molar-refractivity contribution in [1.29, 1.82) is 0 Å². The predicted octanol–water partition coefficient (Wildman–Crippen LogP) is 6.23. The van der Waals surface area contributed by atoms with E-state index in [1.165, 1.54) is 27.8 Å². The zero-order chi connectivity index (χ0) is 16.1. The van der Waals surface area contributed by atoms with Gasteiger partial charge in [-0.25, -0.2) is 0 Å². The average molecular weight is 298 g/mol. The first-order valence-electron chi connectivity index (χ1n) is 8.13. The van der Waals surface area contributed by atoms with E-state index in [0.717, 1.165) is 0 Å². The molecule has 0 bridgehead atoms. The van der Waals surface area contributed by atoms with Gasteiger partial charge in [-0.3, -0.25) is 0 Å². The van der Waals surface area contributed by atoms with Gasteiger partial charge < -0.3 is 0 Å². The Hall–Kier alpha value is -2.60. The van der Waals surface area contributed by atoms with Crippen molar-refractivity contribution in [2.75, 3.05) is 0 Å². The van der Waals surface area contributed by atoms with Gasteiger partial charge in [-0.2, -0.15) is 0 Å². The molecule has 0 N–H and O–H groups in total. The van der Waals surface area contributed by atoms with Crippen molar-refractivity contribution >= 4 is 5.57 Å². The Balaban J connectivity index is 2.05. The number of benzene rings is 3. The minimum atomic E-state index is 0.366. The first-order valence-corrected chi connectivity index (χ1v) is 8.13. The molecule has 0 heteroatoms. The number of rotatable bonds is 4. The summed E-state index contributed by atoms with van der Waals surface area (Å²) < 4.78 is 0. The molecule has 0 aromatic heterocycles. The van der Waals surface area contributed by atoms with Crippen molar-refractivity contribution in [2.45, 2.75) is 19.8 Å². The normalized spacial score (nSPS) is 11.7. The van der Waals surface area contributed by atoms with Crippen LogP contribution in [0.3, 0.4) is 0 Å². The topological polar surface area (TPSA) is 0 Å². The zero-order valence-electron chi connectivity index (χ0n) is 13.7. The second-order valence-electron chi connectivity index (χ2n) is 6.02. The summed E-state index contributed by atoms with van der Waals surface area (Å²) in [6, 6.07) is 30.0. The number of aryl methyl sites for hydroxylation is 1. The summed E-state index contributed by atoms with van der Waals surface area (Å²) in [4.78, 5) is 0. The van der Waals surface area contributed by atoms with Gasteiger partial charge in [-0.05, 0) is 35.1 Å². The first-order chi connectivity index (χ1) is 11.2. The minimum absolute atomic E-state index is 0.366. The van der Waals surface area contributed by atoms with Crippen LogP contribution < -0.4 is 0 Å². The quantitative estimate of drug-likeness (QED) is 0.535. The molecule has 0 nitrogen and oxygen atoms in total. The first kappa shape index (κ1) is 15.3. The highest BCUT2D eigenvalue weighted by atomic mass is 14.1. The molecule has 3 rings (SSSR count). The lowest BCUT2D eigenvalue weighted by atomic mass is 9.91. The van der Waals surface area contributed by atoms with E-state index in [9.17, 15) is 0 Å². The van der Waals surface area contributed by atoms with Crippen LogP contribution >= 0.6 is 0 Å². The second-order valence-corrected chi connectivity index (χ2v) is 6.02. The van der Waals surface area contributed by atoms with E-state index in [4.69, 9.17) is 0 Å². The van der Waals surface area contributed by atoms with Gasteiger partial charge in [-0.15, -0.1) is 0 Å². The number of hydrogen-bond donors (Lipinski definition) is 0. The van der Waals surface area contributed by atoms with E-state index >= 15 is 0 Å². The Morgan fingerprint density at radius 1 is 0.739 bits per heavy atom. The summed E-state index contributed by atoms with van der Waals surface area (Å²) in [5, 5.41) is 0. The molecule has 3 aromatic rings. The minimum Gasteiger partial charge on any atom is -0.0688 e. The highest BCUT2D eigenvalue weighted by Gasteiger charge is 2.09. The molecule has 1 unspecified atom stereocenters. The van der Waals surface area contributed by atoms with Gasteiger partial charge in [0, 0.05) is 0 Å². The molecule has 23 heavy (non-hydrogen) atoms. The van der Waals surface area contributed by atoms with Crippen molar-refractivity contribution in [1.82, 2.24) is 0 Å². The smallest absolute Gasteiger partial charge is 0.0000920 e. The molecule has 0 fully saturated rings.